The van der Waals surface area contributed by atoms with Crippen molar-refractivity contribution >= 4 is 31.6 Å². The van der Waals surface area contributed by atoms with Crippen LogP contribution in [0, 0.1) is 6.92 Å². The Bertz CT molecular complexity index is 578. The summed E-state index contributed by atoms with van der Waals surface area (Å²) in [5.41, 5.74) is 6.11. The lowest BCUT2D eigenvalue weighted by Crippen LogP contribution is -2.39. The monoisotopic (exact) mass is 358 g/mol. The first-order valence-electron chi connectivity index (χ1n) is 5.13. The molecule has 0 bridgehead atoms. The molecule has 0 spiro atoms. The van der Waals surface area contributed by atoms with E-state index in [4.69, 9.17) is 10.8 Å². The van der Waals surface area contributed by atoms with Gasteiger partial charge in [-0.2, -0.15) is 0 Å². The maximum absolute atomic E-state index is 12.8. The van der Waals surface area contributed by atoms with E-state index in [1.807, 2.05) is 0 Å². The molecule has 4 N–H and O–H groups in total. The molecule has 0 aliphatic carbocycles. The Balaban J connectivity index is 3.08. The van der Waals surface area contributed by atoms with Crippen LogP contribution in [0.3, 0.4) is 0 Å². The van der Waals surface area contributed by atoms with Gasteiger partial charge in [0.2, 0.25) is 10.0 Å². The summed E-state index contributed by atoms with van der Waals surface area (Å²) < 4.78 is 51.7. The lowest BCUT2D eigenvalue weighted by atomic mass is 10.2. The van der Waals surface area contributed by atoms with Crippen LogP contribution in [0.5, 0.6) is 0 Å². The molecule has 0 saturated heterocycles. The Labute approximate surface area is 118 Å². The number of alkyl halides is 2. The smallest absolute Gasteiger partial charge is 0.283 e. The van der Waals surface area contributed by atoms with Gasteiger partial charge in [0, 0.05) is 10.2 Å². The number of halogens is 3. The predicted molar refractivity (Wildman–Crippen MR) is 70.5 cm³/mol. The van der Waals surface area contributed by atoms with Gasteiger partial charge in [0.25, 0.3) is 5.92 Å². The summed E-state index contributed by atoms with van der Waals surface area (Å²) in [6.07, 6.45) is 0. The minimum Gasteiger partial charge on any atom is -0.398 e. The average molecular weight is 359 g/mol. The van der Waals surface area contributed by atoms with Crippen molar-refractivity contribution in [2.75, 3.05) is 18.9 Å². The summed E-state index contributed by atoms with van der Waals surface area (Å²) in [4.78, 5) is -0.187. The average Bonchev–Trinajstić information content (AvgIpc) is 2.31. The molecule has 0 aliphatic heterocycles. The van der Waals surface area contributed by atoms with Crippen LogP contribution < -0.4 is 10.5 Å². The third-order valence-corrected chi connectivity index (χ3v) is 4.39. The highest BCUT2D eigenvalue weighted by molar-refractivity contribution is 9.10. The minimum absolute atomic E-state index is 0.187. The molecule has 0 aliphatic rings. The molecule has 0 aromatic heterocycles. The van der Waals surface area contributed by atoms with Gasteiger partial charge < -0.3 is 10.8 Å². The summed E-state index contributed by atoms with van der Waals surface area (Å²) in [6, 6.07) is 2.78. The van der Waals surface area contributed by atoms with Gasteiger partial charge in [-0.25, -0.2) is 21.9 Å². The molecule has 0 heterocycles. The standard InChI is InChI=1S/C10H13BrF2N2O3S/c1-6-8(14)2-7(11)3-9(6)19(17,18)15-4-10(12,13)5-16/h2-3,15-16H,4-5,14H2,1H3. The van der Waals surface area contributed by atoms with Crippen LogP contribution in [0.25, 0.3) is 0 Å². The van der Waals surface area contributed by atoms with Gasteiger partial charge in [0.15, 0.2) is 0 Å². The molecule has 1 aromatic carbocycles. The number of aliphatic hydroxyl groups excluding tert-OH is 1. The first kappa shape index (κ1) is 16.3. The molecular weight excluding hydrogens is 346 g/mol. The highest BCUT2D eigenvalue weighted by Crippen LogP contribution is 2.26. The maximum atomic E-state index is 12.8. The molecule has 0 saturated carbocycles. The zero-order valence-corrected chi connectivity index (χ0v) is 12.4. The second-order valence-corrected chi connectivity index (χ2v) is 6.61. The van der Waals surface area contributed by atoms with Gasteiger partial charge in [-0.15, -0.1) is 0 Å². The summed E-state index contributed by atoms with van der Waals surface area (Å²) in [5, 5.41) is 8.39. The fourth-order valence-corrected chi connectivity index (χ4v) is 3.27. The number of hydrogen-bond donors (Lipinski definition) is 3. The van der Waals surface area contributed by atoms with Crippen molar-refractivity contribution in [3.63, 3.8) is 0 Å². The fourth-order valence-electron chi connectivity index (χ4n) is 1.29. The summed E-state index contributed by atoms with van der Waals surface area (Å²) in [5.74, 6) is -3.52. The van der Waals surface area contributed by atoms with Crippen LogP contribution in [0.2, 0.25) is 0 Å². The van der Waals surface area contributed by atoms with Gasteiger partial charge >= 0.3 is 0 Å². The molecule has 1 aromatic rings. The molecule has 0 unspecified atom stereocenters. The van der Waals surface area contributed by atoms with Crippen molar-refractivity contribution < 1.29 is 22.3 Å². The molecular formula is C10H13BrF2N2O3S. The lowest BCUT2D eigenvalue weighted by molar-refractivity contribution is -0.0437. The number of aliphatic hydroxyl groups is 1. The number of anilines is 1. The topological polar surface area (TPSA) is 92.4 Å². The Hall–Kier alpha value is -0.770. The number of rotatable bonds is 5. The third kappa shape index (κ3) is 4.10. The molecule has 0 fully saturated rings. The SMILES string of the molecule is Cc1c(N)cc(Br)cc1S(=O)(=O)NCC(F)(F)CO. The van der Waals surface area contributed by atoms with E-state index < -0.39 is 29.1 Å². The Kier molecular flexibility index (Phi) is 4.88. The summed E-state index contributed by atoms with van der Waals surface area (Å²) in [7, 11) is -4.13. The number of nitrogens with two attached hydrogens (primary N) is 1. The van der Waals surface area contributed by atoms with Gasteiger partial charge in [0.1, 0.15) is 6.61 Å². The van der Waals surface area contributed by atoms with E-state index in [0.717, 1.165) is 0 Å². The van der Waals surface area contributed by atoms with Crippen molar-refractivity contribution in [2.24, 2.45) is 0 Å². The van der Waals surface area contributed by atoms with E-state index in [-0.39, 0.29) is 16.1 Å². The number of nitrogen functional groups attached to an aromatic ring is 1. The van der Waals surface area contributed by atoms with Gasteiger partial charge in [-0.05, 0) is 24.6 Å². The maximum Gasteiger partial charge on any atom is 0.283 e. The molecule has 0 atom stereocenters. The third-order valence-electron chi connectivity index (χ3n) is 2.41. The molecule has 0 amide bonds. The molecule has 5 nitrogen and oxygen atoms in total. The Morgan fingerprint density at radius 2 is 2.05 bits per heavy atom. The number of hydrogen-bond acceptors (Lipinski definition) is 4. The normalized spacial score (nSPS) is 12.7. The summed E-state index contributed by atoms with van der Waals surface area (Å²) >= 11 is 3.08. The number of benzene rings is 1. The minimum atomic E-state index is -4.13. The van der Waals surface area contributed by atoms with Crippen LogP contribution in [-0.2, 0) is 10.0 Å². The van der Waals surface area contributed by atoms with Gasteiger partial charge in [-0.1, -0.05) is 15.9 Å². The van der Waals surface area contributed by atoms with Crippen molar-refractivity contribution in [3.05, 3.63) is 22.2 Å². The van der Waals surface area contributed by atoms with Crippen LogP contribution in [0.1, 0.15) is 5.56 Å². The summed E-state index contributed by atoms with van der Waals surface area (Å²) in [6.45, 7) is -1.15. The van der Waals surface area contributed by atoms with Crippen LogP contribution in [0.4, 0.5) is 14.5 Å². The largest absolute Gasteiger partial charge is 0.398 e. The zero-order chi connectivity index (χ0) is 14.8. The van der Waals surface area contributed by atoms with Crippen molar-refractivity contribution in [1.82, 2.24) is 4.72 Å². The molecule has 108 valence electrons. The molecule has 19 heavy (non-hydrogen) atoms. The quantitative estimate of drug-likeness (QED) is 0.690. The highest BCUT2D eigenvalue weighted by atomic mass is 79.9. The van der Waals surface area contributed by atoms with Crippen LogP contribution >= 0.6 is 15.9 Å². The Morgan fingerprint density at radius 1 is 1.47 bits per heavy atom. The number of sulfonamides is 1. The van der Waals surface area contributed by atoms with Gasteiger partial charge in [0.05, 0.1) is 11.4 Å². The van der Waals surface area contributed by atoms with E-state index >= 15 is 0 Å². The van der Waals surface area contributed by atoms with Gasteiger partial charge in [-0.3, -0.25) is 0 Å². The highest BCUT2D eigenvalue weighted by Gasteiger charge is 2.30. The second-order valence-electron chi connectivity index (χ2n) is 3.96. The molecule has 9 heteroatoms. The first-order chi connectivity index (χ1) is 8.59. The van der Waals surface area contributed by atoms with E-state index in [2.05, 4.69) is 15.9 Å². The first-order valence-corrected chi connectivity index (χ1v) is 7.40. The van der Waals surface area contributed by atoms with E-state index in [9.17, 15) is 17.2 Å². The van der Waals surface area contributed by atoms with Crippen molar-refractivity contribution in [2.45, 2.75) is 17.7 Å². The van der Waals surface area contributed by atoms with Crippen LogP contribution in [-0.4, -0.2) is 32.6 Å². The molecule has 0 radical (unpaired) electrons. The van der Waals surface area contributed by atoms with Crippen LogP contribution in [0.15, 0.2) is 21.5 Å². The Morgan fingerprint density at radius 3 is 2.58 bits per heavy atom. The van der Waals surface area contributed by atoms with E-state index in [1.54, 1.807) is 4.72 Å². The zero-order valence-electron chi connectivity index (χ0n) is 9.95. The predicted octanol–water partition coefficient (Wildman–Crippen LogP) is 1.25. The lowest BCUT2D eigenvalue weighted by Gasteiger charge is -2.16. The van der Waals surface area contributed by atoms with E-state index in [0.29, 0.717) is 4.47 Å². The molecule has 1 rings (SSSR count). The second kappa shape index (κ2) is 5.70. The van der Waals surface area contributed by atoms with Crippen molar-refractivity contribution in [3.8, 4) is 0 Å². The van der Waals surface area contributed by atoms with Crippen molar-refractivity contribution in [1.29, 1.82) is 0 Å². The number of nitrogens with one attached hydrogen (secondary N) is 1. The fraction of sp³-hybridized carbons (Fsp3) is 0.400. The van der Waals surface area contributed by atoms with E-state index in [1.165, 1.54) is 19.1 Å².